The number of aromatic hydroxyl groups is 1. The summed E-state index contributed by atoms with van der Waals surface area (Å²) in [7, 11) is 2.92. The summed E-state index contributed by atoms with van der Waals surface area (Å²) in [5, 5.41) is 14.0. The SMILES string of the molecule is COc1cc(/C=N/NC(=O)C[NH+]2CC[NH+](Cc3ccc(C)cc3)CC2)cc(OC)c1O. The van der Waals surface area contributed by atoms with Crippen LogP contribution in [0.15, 0.2) is 41.5 Å². The molecule has 1 aliphatic rings. The first kappa shape index (κ1) is 22.6. The standard InChI is InChI=1S/C23H30N4O4/c1-17-4-6-18(7-5-17)15-26-8-10-27(11-9-26)16-22(28)25-24-14-19-12-20(30-2)23(29)21(13-19)31-3/h4-7,12-14,29H,8-11,15-16H2,1-3H3,(H,25,28)/p+2/b24-14+. The molecule has 31 heavy (non-hydrogen) atoms. The molecule has 166 valence electrons. The van der Waals surface area contributed by atoms with Crippen molar-refractivity contribution in [2.45, 2.75) is 13.5 Å². The molecule has 4 N–H and O–H groups in total. The van der Waals surface area contributed by atoms with Gasteiger partial charge in [-0.1, -0.05) is 29.8 Å². The fourth-order valence-corrected chi connectivity index (χ4v) is 3.74. The number of hydrogen-bond acceptors (Lipinski definition) is 5. The van der Waals surface area contributed by atoms with E-state index in [1.54, 1.807) is 17.0 Å². The number of phenolic OH excluding ortho intramolecular Hbond substituents is 1. The van der Waals surface area contributed by atoms with Gasteiger partial charge >= 0.3 is 0 Å². The van der Waals surface area contributed by atoms with E-state index in [-0.39, 0.29) is 23.2 Å². The van der Waals surface area contributed by atoms with E-state index in [2.05, 4.69) is 41.7 Å². The Morgan fingerprint density at radius 3 is 2.23 bits per heavy atom. The molecule has 0 spiro atoms. The van der Waals surface area contributed by atoms with E-state index in [1.165, 1.54) is 36.5 Å². The van der Waals surface area contributed by atoms with Crippen LogP contribution >= 0.6 is 0 Å². The van der Waals surface area contributed by atoms with E-state index in [1.807, 2.05) is 0 Å². The van der Waals surface area contributed by atoms with E-state index in [0.29, 0.717) is 12.1 Å². The summed E-state index contributed by atoms with van der Waals surface area (Å²) >= 11 is 0. The summed E-state index contributed by atoms with van der Waals surface area (Å²) in [5.74, 6) is 0.370. The topological polar surface area (TPSA) is 89.0 Å². The number of quaternary nitrogens is 2. The number of nitrogens with zero attached hydrogens (tertiary/aromatic N) is 1. The van der Waals surface area contributed by atoms with Gasteiger partial charge in [-0.3, -0.25) is 4.79 Å². The highest BCUT2D eigenvalue weighted by Gasteiger charge is 2.24. The van der Waals surface area contributed by atoms with Crippen LogP contribution in [-0.2, 0) is 11.3 Å². The van der Waals surface area contributed by atoms with Crippen LogP contribution in [0.1, 0.15) is 16.7 Å². The van der Waals surface area contributed by atoms with Crippen LogP contribution < -0.4 is 24.7 Å². The molecule has 0 aromatic heterocycles. The van der Waals surface area contributed by atoms with Gasteiger partial charge in [0.15, 0.2) is 18.0 Å². The van der Waals surface area contributed by atoms with Crippen molar-refractivity contribution in [2.75, 3.05) is 46.9 Å². The second-order valence-corrected chi connectivity index (χ2v) is 7.91. The molecular weight excluding hydrogens is 396 g/mol. The van der Waals surface area contributed by atoms with Crippen molar-refractivity contribution in [2.24, 2.45) is 5.10 Å². The molecule has 0 aliphatic carbocycles. The van der Waals surface area contributed by atoms with Crippen LogP contribution in [0.3, 0.4) is 0 Å². The summed E-state index contributed by atoms with van der Waals surface area (Å²) in [5.41, 5.74) is 5.87. The van der Waals surface area contributed by atoms with Crippen molar-refractivity contribution in [1.29, 1.82) is 0 Å². The molecule has 0 atom stereocenters. The fraction of sp³-hybridized carbons (Fsp3) is 0.391. The predicted octanol–water partition coefficient (Wildman–Crippen LogP) is -0.848. The number of amides is 1. The predicted molar refractivity (Wildman–Crippen MR) is 118 cm³/mol. The Morgan fingerprint density at radius 2 is 1.65 bits per heavy atom. The normalized spacial score (nSPS) is 18.7. The van der Waals surface area contributed by atoms with Crippen molar-refractivity contribution >= 4 is 12.1 Å². The highest BCUT2D eigenvalue weighted by molar-refractivity contribution is 5.84. The number of hydrazone groups is 1. The number of nitrogens with one attached hydrogen (secondary N) is 3. The lowest BCUT2D eigenvalue weighted by atomic mass is 10.1. The van der Waals surface area contributed by atoms with Gasteiger partial charge in [-0.25, -0.2) is 5.43 Å². The van der Waals surface area contributed by atoms with E-state index in [4.69, 9.17) is 9.47 Å². The van der Waals surface area contributed by atoms with Crippen LogP contribution in [0.2, 0.25) is 0 Å². The number of carbonyl (C=O) groups excluding carboxylic acids is 1. The first-order valence-corrected chi connectivity index (χ1v) is 10.5. The number of benzene rings is 2. The van der Waals surface area contributed by atoms with E-state index >= 15 is 0 Å². The van der Waals surface area contributed by atoms with Crippen LogP contribution in [-0.4, -0.2) is 64.2 Å². The lowest BCUT2D eigenvalue weighted by Gasteiger charge is -2.29. The third-order valence-electron chi connectivity index (χ3n) is 5.55. The lowest BCUT2D eigenvalue weighted by Crippen LogP contribution is -3.28. The molecule has 1 aliphatic heterocycles. The van der Waals surface area contributed by atoms with Crippen molar-refractivity contribution in [3.05, 3.63) is 53.1 Å². The summed E-state index contributed by atoms with van der Waals surface area (Å²) < 4.78 is 10.2. The average Bonchev–Trinajstić information content (AvgIpc) is 2.77. The van der Waals surface area contributed by atoms with Gasteiger partial charge in [0.2, 0.25) is 5.75 Å². The van der Waals surface area contributed by atoms with Crippen molar-refractivity contribution < 1.29 is 29.2 Å². The highest BCUT2D eigenvalue weighted by atomic mass is 16.5. The number of rotatable bonds is 8. The molecule has 1 heterocycles. The molecule has 2 aromatic rings. The maximum atomic E-state index is 12.3. The van der Waals surface area contributed by atoms with Crippen molar-refractivity contribution in [3.63, 3.8) is 0 Å². The van der Waals surface area contributed by atoms with Gasteiger partial charge < -0.3 is 24.4 Å². The Bertz CT molecular complexity index is 881. The second-order valence-electron chi connectivity index (χ2n) is 7.91. The highest BCUT2D eigenvalue weighted by Crippen LogP contribution is 2.36. The fourth-order valence-electron chi connectivity index (χ4n) is 3.74. The Morgan fingerprint density at radius 1 is 1.06 bits per heavy atom. The quantitative estimate of drug-likeness (QED) is 0.326. The van der Waals surface area contributed by atoms with Gasteiger partial charge in [-0.05, 0) is 19.1 Å². The van der Waals surface area contributed by atoms with Gasteiger partial charge in [-0.2, -0.15) is 5.10 Å². The minimum Gasteiger partial charge on any atom is -0.502 e. The van der Waals surface area contributed by atoms with E-state index < -0.39 is 0 Å². The van der Waals surface area contributed by atoms with Gasteiger partial charge in [0.25, 0.3) is 5.91 Å². The van der Waals surface area contributed by atoms with Gasteiger partial charge in [0.1, 0.15) is 32.7 Å². The number of aryl methyl sites for hydroxylation is 1. The molecule has 1 fully saturated rings. The third-order valence-corrected chi connectivity index (χ3v) is 5.55. The zero-order chi connectivity index (χ0) is 22.2. The van der Waals surface area contributed by atoms with E-state index in [0.717, 1.165) is 32.7 Å². The van der Waals surface area contributed by atoms with Crippen LogP contribution in [0.5, 0.6) is 17.2 Å². The monoisotopic (exact) mass is 428 g/mol. The molecule has 1 amide bonds. The van der Waals surface area contributed by atoms with Gasteiger partial charge in [-0.15, -0.1) is 0 Å². The Kier molecular flexibility index (Phi) is 7.86. The van der Waals surface area contributed by atoms with Gasteiger partial charge in [0, 0.05) is 11.1 Å². The Balaban J connectivity index is 1.44. The summed E-state index contributed by atoms with van der Waals surface area (Å²) in [6.45, 7) is 7.56. The number of phenols is 1. The first-order chi connectivity index (χ1) is 15.0. The maximum absolute atomic E-state index is 12.3. The molecule has 8 nitrogen and oxygen atoms in total. The average molecular weight is 429 g/mol. The second kappa shape index (κ2) is 10.8. The zero-order valence-corrected chi connectivity index (χ0v) is 18.4. The number of methoxy groups -OCH3 is 2. The minimum atomic E-state index is -0.119. The third kappa shape index (κ3) is 6.44. The smallest absolute Gasteiger partial charge is 0.295 e. The van der Waals surface area contributed by atoms with Crippen LogP contribution in [0, 0.1) is 6.92 Å². The van der Waals surface area contributed by atoms with Crippen LogP contribution in [0.25, 0.3) is 0 Å². The molecule has 2 aromatic carbocycles. The van der Waals surface area contributed by atoms with Crippen LogP contribution in [0.4, 0.5) is 0 Å². The molecule has 8 heteroatoms. The summed E-state index contributed by atoms with van der Waals surface area (Å²) in [4.78, 5) is 15.1. The molecule has 3 rings (SSSR count). The molecule has 0 unspecified atom stereocenters. The summed E-state index contributed by atoms with van der Waals surface area (Å²) in [6, 6.07) is 12.0. The number of carbonyl (C=O) groups is 1. The number of piperazine rings is 1. The Labute approximate surface area is 183 Å². The minimum absolute atomic E-state index is 0.0709. The zero-order valence-electron chi connectivity index (χ0n) is 18.4. The van der Waals surface area contributed by atoms with Crippen molar-refractivity contribution in [3.8, 4) is 17.2 Å². The first-order valence-electron chi connectivity index (χ1n) is 10.5. The largest absolute Gasteiger partial charge is 0.502 e. The molecular formula is C23H32N4O4+2. The Hall–Kier alpha value is -3.10. The molecule has 0 saturated carbocycles. The molecule has 1 saturated heterocycles. The van der Waals surface area contributed by atoms with Crippen molar-refractivity contribution in [1.82, 2.24) is 5.43 Å². The lowest BCUT2D eigenvalue weighted by molar-refractivity contribution is -1.02. The van der Waals surface area contributed by atoms with Gasteiger partial charge in [0.05, 0.1) is 20.4 Å². The van der Waals surface area contributed by atoms with E-state index in [9.17, 15) is 9.90 Å². The molecule has 0 bridgehead atoms. The maximum Gasteiger partial charge on any atom is 0.295 e. The number of ether oxygens (including phenoxy) is 2. The summed E-state index contributed by atoms with van der Waals surface area (Å²) in [6.07, 6.45) is 1.50. The molecule has 0 radical (unpaired) electrons. The number of hydrogen-bond donors (Lipinski definition) is 4.